The van der Waals surface area contributed by atoms with Crippen LogP contribution in [0.3, 0.4) is 0 Å². The van der Waals surface area contributed by atoms with E-state index in [0.29, 0.717) is 5.41 Å². The molecule has 1 saturated carbocycles. The minimum Gasteiger partial charge on any atom is -0.390 e. The molecular weight excluding hydrogens is 256 g/mol. The lowest BCUT2D eigenvalue weighted by Crippen LogP contribution is -2.48. The molecule has 0 aliphatic heterocycles. The Labute approximate surface area is 120 Å². The summed E-state index contributed by atoms with van der Waals surface area (Å²) in [5.41, 5.74) is 0.0856. The fourth-order valence-corrected chi connectivity index (χ4v) is 3.74. The molecule has 1 aromatic rings. The maximum atomic E-state index is 10.6. The van der Waals surface area contributed by atoms with E-state index in [4.69, 9.17) is 4.74 Å². The van der Waals surface area contributed by atoms with Crippen LogP contribution in [0.25, 0.3) is 0 Å². The van der Waals surface area contributed by atoms with Gasteiger partial charge < -0.3 is 9.84 Å². The number of aliphatic hydroxyl groups excluding tert-OH is 1. The fourth-order valence-electron chi connectivity index (χ4n) is 3.02. The molecule has 0 bridgehead atoms. The minimum absolute atomic E-state index is 0.313. The Kier molecular flexibility index (Phi) is 4.70. The molecule has 0 spiro atoms. The molecule has 1 unspecified atom stereocenters. The largest absolute Gasteiger partial charge is 0.390 e. The quantitative estimate of drug-likeness (QED) is 0.883. The van der Waals surface area contributed by atoms with Crippen LogP contribution in [0.15, 0.2) is 17.5 Å². The summed E-state index contributed by atoms with van der Waals surface area (Å²) in [7, 11) is 1.76. The maximum absolute atomic E-state index is 10.6. The molecule has 2 nitrogen and oxygen atoms in total. The number of hydrogen-bond acceptors (Lipinski definition) is 3. The summed E-state index contributed by atoms with van der Waals surface area (Å²) in [5.74, 6) is 0. The number of aliphatic hydroxyl groups is 1. The van der Waals surface area contributed by atoms with Gasteiger partial charge in [-0.15, -0.1) is 11.3 Å². The highest BCUT2D eigenvalue weighted by Gasteiger charge is 2.43. The molecule has 1 N–H and O–H groups in total. The summed E-state index contributed by atoms with van der Waals surface area (Å²) >= 11 is 1.77. The molecule has 1 fully saturated rings. The third kappa shape index (κ3) is 3.59. The molecule has 0 radical (unpaired) electrons. The predicted octanol–water partition coefficient (Wildman–Crippen LogP) is 4.03. The van der Waals surface area contributed by atoms with Gasteiger partial charge in [-0.25, -0.2) is 0 Å². The molecule has 1 aromatic heterocycles. The molecule has 1 aliphatic rings. The average Bonchev–Trinajstić information content (AvgIpc) is 2.90. The zero-order valence-electron chi connectivity index (χ0n) is 12.3. The normalized spacial score (nSPS) is 23.2. The van der Waals surface area contributed by atoms with Crippen molar-refractivity contribution in [2.45, 2.75) is 64.1 Å². The first kappa shape index (κ1) is 15.0. The maximum Gasteiger partial charge on any atom is 0.0936 e. The number of methoxy groups -OCH3 is 1. The first-order chi connectivity index (χ1) is 8.97. The molecular formula is C16H26O2S. The van der Waals surface area contributed by atoms with Crippen LogP contribution in [0, 0.1) is 5.41 Å². The number of hydrogen-bond donors (Lipinski definition) is 1. The van der Waals surface area contributed by atoms with Crippen LogP contribution < -0.4 is 0 Å². The third-order valence-electron chi connectivity index (χ3n) is 4.71. The van der Waals surface area contributed by atoms with Gasteiger partial charge in [0.25, 0.3) is 0 Å². The monoisotopic (exact) mass is 282 g/mol. The van der Waals surface area contributed by atoms with Crippen molar-refractivity contribution in [3.8, 4) is 0 Å². The van der Waals surface area contributed by atoms with E-state index in [2.05, 4.69) is 31.4 Å². The highest BCUT2D eigenvalue weighted by Crippen LogP contribution is 2.44. The van der Waals surface area contributed by atoms with Gasteiger partial charge in [0.1, 0.15) is 0 Å². The number of aryl methyl sites for hydroxylation is 1. The van der Waals surface area contributed by atoms with Gasteiger partial charge in [0.05, 0.1) is 11.7 Å². The van der Waals surface area contributed by atoms with Crippen LogP contribution >= 0.6 is 11.3 Å². The Morgan fingerprint density at radius 3 is 2.53 bits per heavy atom. The van der Waals surface area contributed by atoms with Crippen LogP contribution in [-0.2, 0) is 11.2 Å². The fraction of sp³-hybridized carbons (Fsp3) is 0.750. The van der Waals surface area contributed by atoms with Crippen LogP contribution in [0.2, 0.25) is 0 Å². The molecule has 2 rings (SSSR count). The van der Waals surface area contributed by atoms with Crippen molar-refractivity contribution < 1.29 is 9.84 Å². The average molecular weight is 282 g/mol. The first-order valence-electron chi connectivity index (χ1n) is 7.23. The zero-order valence-corrected chi connectivity index (χ0v) is 13.1. The van der Waals surface area contributed by atoms with E-state index in [1.165, 1.54) is 4.88 Å². The Morgan fingerprint density at radius 2 is 2.00 bits per heavy atom. The van der Waals surface area contributed by atoms with Gasteiger partial charge in [-0.05, 0) is 55.4 Å². The molecule has 0 saturated heterocycles. The van der Waals surface area contributed by atoms with Crippen molar-refractivity contribution >= 4 is 11.3 Å². The third-order valence-corrected chi connectivity index (χ3v) is 5.64. The predicted molar refractivity (Wildman–Crippen MR) is 80.6 cm³/mol. The van der Waals surface area contributed by atoms with Gasteiger partial charge in [-0.2, -0.15) is 0 Å². The topological polar surface area (TPSA) is 29.5 Å². The lowest BCUT2D eigenvalue weighted by Gasteiger charge is -2.45. The van der Waals surface area contributed by atoms with Gasteiger partial charge in [-0.3, -0.25) is 0 Å². The lowest BCUT2D eigenvalue weighted by atomic mass is 9.68. The molecule has 1 heterocycles. The van der Waals surface area contributed by atoms with Crippen molar-refractivity contribution in [2.75, 3.05) is 7.11 Å². The van der Waals surface area contributed by atoms with Crippen molar-refractivity contribution in [3.05, 3.63) is 22.4 Å². The van der Waals surface area contributed by atoms with E-state index in [9.17, 15) is 5.11 Å². The summed E-state index contributed by atoms with van der Waals surface area (Å²) in [6.07, 6.45) is 5.62. The SMILES string of the molecule is COC1(C(O)CCc2cccs2)CCC(C)(C)CC1. The Morgan fingerprint density at radius 1 is 1.32 bits per heavy atom. The van der Waals surface area contributed by atoms with Crippen LogP contribution in [0.4, 0.5) is 0 Å². The zero-order chi connectivity index (χ0) is 13.9. The van der Waals surface area contributed by atoms with E-state index >= 15 is 0 Å². The van der Waals surface area contributed by atoms with E-state index in [1.54, 1.807) is 18.4 Å². The molecule has 1 atom stereocenters. The van der Waals surface area contributed by atoms with Crippen molar-refractivity contribution in [1.29, 1.82) is 0 Å². The summed E-state index contributed by atoms with van der Waals surface area (Å²) in [6, 6.07) is 4.21. The first-order valence-corrected chi connectivity index (χ1v) is 8.11. The molecule has 3 heteroatoms. The number of thiophene rings is 1. The van der Waals surface area contributed by atoms with E-state index < -0.39 is 0 Å². The minimum atomic E-state index is -0.351. The van der Waals surface area contributed by atoms with Crippen LogP contribution in [-0.4, -0.2) is 23.9 Å². The molecule has 19 heavy (non-hydrogen) atoms. The van der Waals surface area contributed by atoms with Crippen LogP contribution in [0.5, 0.6) is 0 Å². The van der Waals surface area contributed by atoms with Crippen LogP contribution in [0.1, 0.15) is 50.8 Å². The smallest absolute Gasteiger partial charge is 0.0936 e. The van der Waals surface area contributed by atoms with E-state index in [0.717, 1.165) is 38.5 Å². The number of rotatable bonds is 5. The highest BCUT2D eigenvalue weighted by molar-refractivity contribution is 7.09. The molecule has 1 aliphatic carbocycles. The van der Waals surface area contributed by atoms with Gasteiger partial charge in [-0.1, -0.05) is 19.9 Å². The van der Waals surface area contributed by atoms with E-state index in [-0.39, 0.29) is 11.7 Å². The highest BCUT2D eigenvalue weighted by atomic mass is 32.1. The summed E-state index contributed by atoms with van der Waals surface area (Å²) in [4.78, 5) is 1.35. The summed E-state index contributed by atoms with van der Waals surface area (Å²) < 4.78 is 5.76. The standard InChI is InChI=1S/C16H26O2S/c1-15(2)8-10-16(18-3,11-9-15)14(17)7-6-13-5-4-12-19-13/h4-5,12,14,17H,6-11H2,1-3H3. The summed E-state index contributed by atoms with van der Waals surface area (Å²) in [5, 5.41) is 12.7. The molecule has 0 amide bonds. The van der Waals surface area contributed by atoms with Gasteiger partial charge in [0.2, 0.25) is 0 Å². The molecule has 0 aromatic carbocycles. The lowest BCUT2D eigenvalue weighted by molar-refractivity contribution is -0.137. The second kappa shape index (κ2) is 5.94. The van der Waals surface area contributed by atoms with Crippen molar-refractivity contribution in [2.24, 2.45) is 5.41 Å². The summed E-state index contributed by atoms with van der Waals surface area (Å²) in [6.45, 7) is 4.62. The van der Waals surface area contributed by atoms with Crippen molar-refractivity contribution in [1.82, 2.24) is 0 Å². The van der Waals surface area contributed by atoms with Crippen molar-refractivity contribution in [3.63, 3.8) is 0 Å². The second-order valence-electron chi connectivity index (χ2n) is 6.57. The Balaban J connectivity index is 1.93. The molecule has 108 valence electrons. The van der Waals surface area contributed by atoms with Gasteiger partial charge in [0, 0.05) is 12.0 Å². The Bertz CT molecular complexity index is 373. The van der Waals surface area contributed by atoms with Gasteiger partial charge in [0.15, 0.2) is 0 Å². The van der Waals surface area contributed by atoms with E-state index in [1.807, 2.05) is 0 Å². The van der Waals surface area contributed by atoms with Gasteiger partial charge >= 0.3 is 0 Å². The Hall–Kier alpha value is -0.380. The number of ether oxygens (including phenoxy) is 1. The second-order valence-corrected chi connectivity index (χ2v) is 7.60.